The van der Waals surface area contributed by atoms with Crippen molar-refractivity contribution < 1.29 is 14.6 Å². The van der Waals surface area contributed by atoms with Crippen molar-refractivity contribution in [2.45, 2.75) is 6.61 Å². The molecular formula is C18H13ClO3. The van der Waals surface area contributed by atoms with Crippen molar-refractivity contribution in [1.82, 2.24) is 0 Å². The number of benzene rings is 3. The zero-order chi connectivity index (χ0) is 15.5. The number of halogens is 1. The second-order valence-corrected chi connectivity index (χ2v) is 5.29. The molecule has 0 amide bonds. The van der Waals surface area contributed by atoms with Crippen molar-refractivity contribution in [3.8, 4) is 5.75 Å². The van der Waals surface area contributed by atoms with Crippen LogP contribution in [0.5, 0.6) is 5.75 Å². The van der Waals surface area contributed by atoms with Gasteiger partial charge in [-0.3, -0.25) is 0 Å². The quantitative estimate of drug-likeness (QED) is 0.721. The van der Waals surface area contributed by atoms with Crippen LogP contribution in [0.4, 0.5) is 0 Å². The minimum Gasteiger partial charge on any atom is -0.507 e. The molecule has 0 atom stereocenters. The van der Waals surface area contributed by atoms with E-state index in [4.69, 9.17) is 16.3 Å². The second kappa shape index (κ2) is 6.08. The molecule has 3 nitrogen and oxygen atoms in total. The lowest BCUT2D eigenvalue weighted by molar-refractivity contribution is 0.0470. The van der Waals surface area contributed by atoms with Crippen molar-refractivity contribution >= 4 is 28.3 Å². The van der Waals surface area contributed by atoms with Gasteiger partial charge in [-0.15, -0.1) is 0 Å². The lowest BCUT2D eigenvalue weighted by Crippen LogP contribution is -2.06. The Hall–Kier alpha value is -2.52. The van der Waals surface area contributed by atoms with Gasteiger partial charge in [0, 0.05) is 10.6 Å². The SMILES string of the molecule is O=C(OCc1ccccc1Cl)c1cc2ccccc2cc1O. The topological polar surface area (TPSA) is 46.5 Å². The summed E-state index contributed by atoms with van der Waals surface area (Å²) in [5.41, 5.74) is 0.864. The highest BCUT2D eigenvalue weighted by Crippen LogP contribution is 2.26. The predicted octanol–water partition coefficient (Wildman–Crippen LogP) is 4.56. The number of fused-ring (bicyclic) bond motifs is 1. The summed E-state index contributed by atoms with van der Waals surface area (Å²) >= 11 is 6.02. The van der Waals surface area contributed by atoms with E-state index in [1.165, 1.54) is 0 Å². The maximum absolute atomic E-state index is 12.2. The van der Waals surface area contributed by atoms with Crippen LogP contribution in [0.15, 0.2) is 60.7 Å². The number of phenolic OH excluding ortho intramolecular Hbond substituents is 1. The third-order valence-electron chi connectivity index (χ3n) is 3.40. The molecule has 3 rings (SSSR count). The molecular weight excluding hydrogens is 300 g/mol. The van der Waals surface area contributed by atoms with Crippen molar-refractivity contribution in [2.24, 2.45) is 0 Å². The molecule has 0 saturated carbocycles. The third kappa shape index (κ3) is 2.90. The van der Waals surface area contributed by atoms with Gasteiger partial charge in [-0.2, -0.15) is 0 Å². The molecule has 0 spiro atoms. The number of esters is 1. The van der Waals surface area contributed by atoms with Gasteiger partial charge in [-0.25, -0.2) is 4.79 Å². The van der Waals surface area contributed by atoms with Crippen LogP contribution in [0.25, 0.3) is 10.8 Å². The number of phenols is 1. The molecule has 1 N–H and O–H groups in total. The van der Waals surface area contributed by atoms with E-state index in [9.17, 15) is 9.90 Å². The van der Waals surface area contributed by atoms with Crippen molar-refractivity contribution in [3.63, 3.8) is 0 Å². The number of hydrogen-bond acceptors (Lipinski definition) is 3. The van der Waals surface area contributed by atoms with Crippen LogP contribution < -0.4 is 0 Å². The average molecular weight is 313 g/mol. The molecule has 3 aromatic rings. The lowest BCUT2D eigenvalue weighted by atomic mass is 10.1. The minimum atomic E-state index is -0.580. The summed E-state index contributed by atoms with van der Waals surface area (Å²) in [4.78, 5) is 12.2. The van der Waals surface area contributed by atoms with Gasteiger partial charge in [-0.05, 0) is 29.0 Å². The van der Waals surface area contributed by atoms with Crippen LogP contribution >= 0.6 is 11.6 Å². The fourth-order valence-corrected chi connectivity index (χ4v) is 2.42. The summed E-state index contributed by atoms with van der Waals surface area (Å²) in [6.07, 6.45) is 0. The Kier molecular flexibility index (Phi) is 3.98. The van der Waals surface area contributed by atoms with Gasteiger partial charge in [0.2, 0.25) is 0 Å². The van der Waals surface area contributed by atoms with Crippen molar-refractivity contribution in [3.05, 3.63) is 76.8 Å². The van der Waals surface area contributed by atoms with Crippen LogP contribution in [-0.4, -0.2) is 11.1 Å². The van der Waals surface area contributed by atoms with E-state index < -0.39 is 5.97 Å². The molecule has 0 bridgehead atoms. The Labute approximate surface area is 132 Å². The Bertz CT molecular complexity index is 843. The standard InChI is InChI=1S/C18H13ClO3/c19-16-8-4-3-7-14(16)11-22-18(21)15-9-12-5-1-2-6-13(12)10-17(15)20/h1-10,20H,11H2. The van der Waals surface area contributed by atoms with E-state index in [1.807, 2.05) is 36.4 Å². The number of aromatic hydroxyl groups is 1. The predicted molar refractivity (Wildman–Crippen MR) is 86.2 cm³/mol. The van der Waals surface area contributed by atoms with Gasteiger partial charge < -0.3 is 9.84 Å². The lowest BCUT2D eigenvalue weighted by Gasteiger charge is -2.09. The molecule has 0 unspecified atom stereocenters. The van der Waals surface area contributed by atoms with E-state index in [0.29, 0.717) is 5.02 Å². The summed E-state index contributed by atoms with van der Waals surface area (Å²) in [6, 6.07) is 17.8. The second-order valence-electron chi connectivity index (χ2n) is 4.88. The van der Waals surface area contributed by atoms with E-state index in [2.05, 4.69) is 0 Å². The van der Waals surface area contributed by atoms with Gasteiger partial charge in [0.15, 0.2) is 0 Å². The zero-order valence-electron chi connectivity index (χ0n) is 11.6. The Morgan fingerprint density at radius 1 is 1.00 bits per heavy atom. The highest BCUT2D eigenvalue weighted by Gasteiger charge is 2.14. The molecule has 0 heterocycles. The van der Waals surface area contributed by atoms with Gasteiger partial charge >= 0.3 is 5.97 Å². The van der Waals surface area contributed by atoms with E-state index in [1.54, 1.807) is 24.3 Å². The smallest absolute Gasteiger partial charge is 0.342 e. The molecule has 0 aliphatic heterocycles. The summed E-state index contributed by atoms with van der Waals surface area (Å²) in [6.45, 7) is 0.0603. The summed E-state index contributed by atoms with van der Waals surface area (Å²) in [5, 5.41) is 12.3. The van der Waals surface area contributed by atoms with E-state index in [0.717, 1.165) is 16.3 Å². The zero-order valence-corrected chi connectivity index (χ0v) is 12.4. The van der Waals surface area contributed by atoms with E-state index >= 15 is 0 Å². The first-order valence-electron chi connectivity index (χ1n) is 6.77. The normalized spacial score (nSPS) is 10.6. The summed E-state index contributed by atoms with van der Waals surface area (Å²) < 4.78 is 5.24. The average Bonchev–Trinajstić information content (AvgIpc) is 2.53. The largest absolute Gasteiger partial charge is 0.507 e. The third-order valence-corrected chi connectivity index (χ3v) is 3.77. The summed E-state index contributed by atoms with van der Waals surface area (Å²) in [7, 11) is 0. The Morgan fingerprint density at radius 2 is 1.64 bits per heavy atom. The Balaban J connectivity index is 1.83. The first-order valence-corrected chi connectivity index (χ1v) is 7.15. The number of hydrogen-bond donors (Lipinski definition) is 1. The highest BCUT2D eigenvalue weighted by atomic mass is 35.5. The van der Waals surface area contributed by atoms with Gasteiger partial charge in [0.1, 0.15) is 17.9 Å². The molecule has 3 aromatic carbocycles. The molecule has 0 radical (unpaired) electrons. The van der Waals surface area contributed by atoms with Crippen molar-refractivity contribution in [2.75, 3.05) is 0 Å². The van der Waals surface area contributed by atoms with Crippen LogP contribution in [-0.2, 0) is 11.3 Å². The van der Waals surface area contributed by atoms with Crippen LogP contribution in [0.3, 0.4) is 0 Å². The fourth-order valence-electron chi connectivity index (χ4n) is 2.23. The van der Waals surface area contributed by atoms with Crippen LogP contribution in [0.1, 0.15) is 15.9 Å². The first kappa shape index (κ1) is 14.4. The highest BCUT2D eigenvalue weighted by molar-refractivity contribution is 6.31. The summed E-state index contributed by atoms with van der Waals surface area (Å²) in [5.74, 6) is -0.675. The van der Waals surface area contributed by atoms with Crippen LogP contribution in [0.2, 0.25) is 5.02 Å². The molecule has 0 aromatic heterocycles. The molecule has 0 aliphatic carbocycles. The first-order chi connectivity index (χ1) is 10.6. The number of rotatable bonds is 3. The molecule has 22 heavy (non-hydrogen) atoms. The molecule has 110 valence electrons. The number of ether oxygens (including phenoxy) is 1. The fraction of sp³-hybridized carbons (Fsp3) is 0.0556. The maximum Gasteiger partial charge on any atom is 0.342 e. The maximum atomic E-state index is 12.2. The molecule has 0 fully saturated rings. The van der Waals surface area contributed by atoms with Gasteiger partial charge in [0.05, 0.1) is 0 Å². The monoisotopic (exact) mass is 312 g/mol. The molecule has 0 saturated heterocycles. The van der Waals surface area contributed by atoms with Crippen molar-refractivity contribution in [1.29, 1.82) is 0 Å². The number of carbonyl (C=O) groups is 1. The minimum absolute atomic E-state index is 0.0603. The molecule has 4 heteroatoms. The van der Waals surface area contributed by atoms with Gasteiger partial charge in [0.25, 0.3) is 0 Å². The van der Waals surface area contributed by atoms with Gasteiger partial charge in [-0.1, -0.05) is 54.1 Å². The molecule has 0 aliphatic rings. The Morgan fingerprint density at radius 3 is 2.36 bits per heavy atom. The van der Waals surface area contributed by atoms with E-state index in [-0.39, 0.29) is 17.9 Å². The van der Waals surface area contributed by atoms with Crippen LogP contribution in [0, 0.1) is 0 Å². The number of carbonyl (C=O) groups excluding carboxylic acids is 1.